The van der Waals surface area contributed by atoms with Gasteiger partial charge < -0.3 is 15.3 Å². The standard InChI is InChI=1S/C13H18N6O2/c1-8(2)10-5-9(6-12(17-10)18-14)13(20)15-4-3-11-16-7-21-19-11/h5-8H,3-4,14H2,1-2H3,(H,15,20)(H,17,18). The molecule has 0 unspecified atom stereocenters. The Bertz CT molecular complexity index is 597. The van der Waals surface area contributed by atoms with Crippen molar-refractivity contribution < 1.29 is 9.32 Å². The van der Waals surface area contributed by atoms with E-state index in [0.717, 1.165) is 5.69 Å². The molecule has 2 heterocycles. The van der Waals surface area contributed by atoms with Crippen LogP contribution in [0.2, 0.25) is 0 Å². The lowest BCUT2D eigenvalue weighted by Gasteiger charge is -2.10. The molecule has 4 N–H and O–H groups in total. The molecule has 0 aromatic carbocycles. The SMILES string of the molecule is CC(C)c1cc(C(=O)NCCc2ncon2)cc(NN)n1. The second kappa shape index (κ2) is 6.80. The van der Waals surface area contributed by atoms with E-state index in [4.69, 9.17) is 5.84 Å². The van der Waals surface area contributed by atoms with E-state index in [2.05, 4.69) is 30.4 Å². The Morgan fingerprint density at radius 3 is 2.86 bits per heavy atom. The molecule has 8 heteroatoms. The average Bonchev–Trinajstić information content (AvgIpc) is 2.99. The number of nitrogens with one attached hydrogen (secondary N) is 2. The van der Waals surface area contributed by atoms with Gasteiger partial charge in [0.15, 0.2) is 5.82 Å². The maximum atomic E-state index is 12.1. The number of rotatable bonds is 6. The Morgan fingerprint density at radius 2 is 2.24 bits per heavy atom. The summed E-state index contributed by atoms with van der Waals surface area (Å²) in [7, 11) is 0. The number of amides is 1. The summed E-state index contributed by atoms with van der Waals surface area (Å²) in [5.74, 6) is 6.40. The first-order valence-corrected chi connectivity index (χ1v) is 6.62. The molecule has 112 valence electrons. The molecule has 0 atom stereocenters. The summed E-state index contributed by atoms with van der Waals surface area (Å²) in [5, 5.41) is 6.47. The normalized spacial score (nSPS) is 10.7. The number of hydrazine groups is 1. The molecule has 2 rings (SSSR count). The van der Waals surface area contributed by atoms with Gasteiger partial charge in [-0.2, -0.15) is 4.98 Å². The number of nitrogens with two attached hydrogens (primary N) is 1. The van der Waals surface area contributed by atoms with Gasteiger partial charge in [-0.3, -0.25) is 4.79 Å². The summed E-state index contributed by atoms with van der Waals surface area (Å²) < 4.78 is 4.62. The first-order valence-electron chi connectivity index (χ1n) is 6.62. The van der Waals surface area contributed by atoms with E-state index < -0.39 is 0 Å². The Kier molecular flexibility index (Phi) is 4.83. The van der Waals surface area contributed by atoms with Crippen LogP contribution in [-0.4, -0.2) is 27.6 Å². The number of nitrogen functional groups attached to an aromatic ring is 1. The van der Waals surface area contributed by atoms with Crippen molar-refractivity contribution in [3.8, 4) is 0 Å². The molecule has 0 bridgehead atoms. The van der Waals surface area contributed by atoms with Crippen LogP contribution in [0.15, 0.2) is 23.0 Å². The van der Waals surface area contributed by atoms with Gasteiger partial charge in [0, 0.05) is 24.2 Å². The smallest absolute Gasteiger partial charge is 0.251 e. The fraction of sp³-hybridized carbons (Fsp3) is 0.385. The zero-order valence-corrected chi connectivity index (χ0v) is 12.0. The first-order chi connectivity index (χ1) is 10.1. The van der Waals surface area contributed by atoms with Crippen molar-refractivity contribution in [1.82, 2.24) is 20.4 Å². The summed E-state index contributed by atoms with van der Waals surface area (Å²) in [6, 6.07) is 3.37. The van der Waals surface area contributed by atoms with Crippen LogP contribution < -0.4 is 16.6 Å². The van der Waals surface area contributed by atoms with E-state index in [1.807, 2.05) is 13.8 Å². The second-order valence-corrected chi connectivity index (χ2v) is 4.82. The lowest BCUT2D eigenvalue weighted by atomic mass is 10.1. The zero-order valence-electron chi connectivity index (χ0n) is 12.0. The van der Waals surface area contributed by atoms with Crippen LogP contribution in [0.25, 0.3) is 0 Å². The Hall–Kier alpha value is -2.48. The maximum Gasteiger partial charge on any atom is 0.251 e. The van der Waals surface area contributed by atoms with Gasteiger partial charge in [-0.1, -0.05) is 19.0 Å². The minimum atomic E-state index is -0.195. The van der Waals surface area contributed by atoms with Gasteiger partial charge in [-0.15, -0.1) is 0 Å². The molecule has 21 heavy (non-hydrogen) atoms. The predicted octanol–water partition coefficient (Wildman–Crippen LogP) is 0.846. The summed E-state index contributed by atoms with van der Waals surface area (Å²) in [5.41, 5.74) is 3.78. The molecule has 0 fully saturated rings. The molecule has 0 aliphatic heterocycles. The minimum Gasteiger partial charge on any atom is -0.352 e. The van der Waals surface area contributed by atoms with Crippen molar-refractivity contribution in [1.29, 1.82) is 0 Å². The molecular formula is C13H18N6O2. The largest absolute Gasteiger partial charge is 0.352 e. The maximum absolute atomic E-state index is 12.1. The Morgan fingerprint density at radius 1 is 1.43 bits per heavy atom. The molecule has 2 aromatic heterocycles. The van der Waals surface area contributed by atoms with Gasteiger partial charge in [0.1, 0.15) is 5.82 Å². The lowest BCUT2D eigenvalue weighted by Crippen LogP contribution is -2.26. The average molecular weight is 290 g/mol. The van der Waals surface area contributed by atoms with Gasteiger partial charge in [0.2, 0.25) is 6.39 Å². The van der Waals surface area contributed by atoms with Crippen LogP contribution in [0, 0.1) is 0 Å². The highest BCUT2D eigenvalue weighted by atomic mass is 16.5. The summed E-state index contributed by atoms with van der Waals surface area (Å²) in [4.78, 5) is 20.3. The number of carbonyl (C=O) groups excluding carboxylic acids is 1. The van der Waals surface area contributed by atoms with Crippen LogP contribution in [-0.2, 0) is 6.42 Å². The van der Waals surface area contributed by atoms with Crippen LogP contribution in [0.3, 0.4) is 0 Å². The molecule has 0 saturated carbocycles. The lowest BCUT2D eigenvalue weighted by molar-refractivity contribution is 0.0953. The number of anilines is 1. The quantitative estimate of drug-likeness (QED) is 0.533. The van der Waals surface area contributed by atoms with Crippen LogP contribution in [0.4, 0.5) is 5.82 Å². The molecule has 1 amide bonds. The van der Waals surface area contributed by atoms with Crippen molar-refractivity contribution in [2.24, 2.45) is 5.84 Å². The molecule has 2 aromatic rings. The molecule has 0 radical (unpaired) electrons. The third-order valence-electron chi connectivity index (χ3n) is 2.89. The molecule has 0 aliphatic rings. The first kappa shape index (κ1) is 14.9. The van der Waals surface area contributed by atoms with E-state index in [1.54, 1.807) is 12.1 Å². The summed E-state index contributed by atoms with van der Waals surface area (Å²) in [6.07, 6.45) is 1.76. The Labute approximate surface area is 122 Å². The highest BCUT2D eigenvalue weighted by molar-refractivity contribution is 5.95. The van der Waals surface area contributed by atoms with Crippen molar-refractivity contribution in [2.75, 3.05) is 12.0 Å². The fourth-order valence-corrected chi connectivity index (χ4v) is 1.75. The van der Waals surface area contributed by atoms with Crippen LogP contribution in [0.5, 0.6) is 0 Å². The van der Waals surface area contributed by atoms with E-state index in [0.29, 0.717) is 30.2 Å². The van der Waals surface area contributed by atoms with Gasteiger partial charge in [0.25, 0.3) is 5.91 Å². The third kappa shape index (κ3) is 3.99. The van der Waals surface area contributed by atoms with Gasteiger partial charge in [-0.05, 0) is 18.1 Å². The van der Waals surface area contributed by atoms with Crippen molar-refractivity contribution in [3.05, 3.63) is 35.6 Å². The van der Waals surface area contributed by atoms with Crippen molar-refractivity contribution in [3.63, 3.8) is 0 Å². The fourth-order valence-electron chi connectivity index (χ4n) is 1.75. The molecule has 0 spiro atoms. The summed E-state index contributed by atoms with van der Waals surface area (Å²) in [6.45, 7) is 4.42. The number of aromatic nitrogens is 3. The number of nitrogens with zero attached hydrogens (tertiary/aromatic N) is 3. The molecule has 8 nitrogen and oxygen atoms in total. The number of pyridine rings is 1. The van der Waals surface area contributed by atoms with Gasteiger partial charge in [-0.25, -0.2) is 10.8 Å². The molecular weight excluding hydrogens is 272 g/mol. The Balaban J connectivity index is 2.02. The number of hydrogen-bond acceptors (Lipinski definition) is 7. The zero-order chi connectivity index (χ0) is 15.2. The second-order valence-electron chi connectivity index (χ2n) is 4.82. The van der Waals surface area contributed by atoms with E-state index in [-0.39, 0.29) is 11.8 Å². The van der Waals surface area contributed by atoms with Crippen molar-refractivity contribution in [2.45, 2.75) is 26.2 Å². The van der Waals surface area contributed by atoms with E-state index in [9.17, 15) is 4.79 Å². The number of carbonyl (C=O) groups is 1. The predicted molar refractivity (Wildman–Crippen MR) is 76.5 cm³/mol. The van der Waals surface area contributed by atoms with Crippen LogP contribution in [0.1, 0.15) is 41.6 Å². The molecule has 0 aliphatic carbocycles. The van der Waals surface area contributed by atoms with Gasteiger partial charge in [0.05, 0.1) is 0 Å². The minimum absolute atomic E-state index is 0.195. The monoisotopic (exact) mass is 290 g/mol. The van der Waals surface area contributed by atoms with Gasteiger partial charge >= 0.3 is 0 Å². The van der Waals surface area contributed by atoms with E-state index >= 15 is 0 Å². The number of hydrogen-bond donors (Lipinski definition) is 3. The van der Waals surface area contributed by atoms with Crippen molar-refractivity contribution >= 4 is 11.7 Å². The third-order valence-corrected chi connectivity index (χ3v) is 2.89. The highest BCUT2D eigenvalue weighted by Crippen LogP contribution is 2.17. The van der Waals surface area contributed by atoms with E-state index in [1.165, 1.54) is 6.39 Å². The summed E-state index contributed by atoms with van der Waals surface area (Å²) >= 11 is 0. The highest BCUT2D eigenvalue weighted by Gasteiger charge is 2.11. The molecule has 0 saturated heterocycles. The topological polar surface area (TPSA) is 119 Å². The van der Waals surface area contributed by atoms with Crippen LogP contribution >= 0.6 is 0 Å².